The number of likely N-dealkylation sites (N-methyl/N-ethyl adjacent to an activating group) is 1. The number of allylic oxidation sites excluding steroid dienone is 1. The maximum Gasteiger partial charge on any atom is 0.313 e. The smallest absolute Gasteiger partial charge is 0.313 e. The first-order chi connectivity index (χ1) is 23.1. The number of para-hydroxylation sites is 1. The number of fused-ring (bicyclic) bond motifs is 2. The summed E-state index contributed by atoms with van der Waals surface area (Å²) in [4.78, 5) is 61.8. The monoisotopic (exact) mass is 739 g/mol. The van der Waals surface area contributed by atoms with Crippen molar-refractivity contribution in [2.45, 2.75) is 62.5 Å². The van der Waals surface area contributed by atoms with Gasteiger partial charge in [-0.1, -0.05) is 82.1 Å². The lowest BCUT2D eigenvalue weighted by molar-refractivity contribution is -0.164. The number of halogens is 2. The van der Waals surface area contributed by atoms with Crippen molar-refractivity contribution in [3.8, 4) is 0 Å². The highest BCUT2D eigenvalue weighted by atomic mass is 79.9. The summed E-state index contributed by atoms with van der Waals surface area (Å²) in [7, 11) is 1.69. The summed E-state index contributed by atoms with van der Waals surface area (Å²) in [5.41, 5.74) is -0.300. The van der Waals surface area contributed by atoms with E-state index in [9.17, 15) is 24.3 Å². The molecule has 1 spiro atoms. The number of nitrogens with zero attached hydrogens (tertiary/aromatic N) is 3. The van der Waals surface area contributed by atoms with Crippen LogP contribution in [0.1, 0.15) is 44.3 Å². The van der Waals surface area contributed by atoms with E-state index in [2.05, 4.69) is 15.9 Å². The zero-order valence-electron chi connectivity index (χ0n) is 26.8. The van der Waals surface area contributed by atoms with Crippen LogP contribution in [0.3, 0.4) is 0 Å². The Morgan fingerprint density at radius 2 is 1.71 bits per heavy atom. The molecule has 1 N–H and O–H groups in total. The molecule has 0 saturated carbocycles. The van der Waals surface area contributed by atoms with Crippen LogP contribution in [0.5, 0.6) is 0 Å². The number of rotatable bonds is 6. The normalized spacial score (nSPS) is 31.6. The summed E-state index contributed by atoms with van der Waals surface area (Å²) in [5.74, 6) is -3.69. The molecule has 3 amide bonds. The molecule has 4 aliphatic rings. The lowest BCUT2D eigenvalue weighted by Gasteiger charge is -2.36. The van der Waals surface area contributed by atoms with Crippen LogP contribution in [-0.2, 0) is 28.7 Å². The van der Waals surface area contributed by atoms with Crippen LogP contribution in [0.15, 0.2) is 77.3 Å². The number of likely N-dealkylation sites (tertiary alicyclic amines) is 1. The fraction of sp³-hybridized carbons (Fsp3) is 0.444. The molecule has 7 atom stereocenters. The Balaban J connectivity index is 1.48. The largest absolute Gasteiger partial charge is 0.455 e. The van der Waals surface area contributed by atoms with Gasteiger partial charge in [-0.25, -0.2) is 0 Å². The molecule has 10 nitrogen and oxygen atoms in total. The maximum absolute atomic E-state index is 14.9. The number of esters is 1. The zero-order valence-corrected chi connectivity index (χ0v) is 29.2. The van der Waals surface area contributed by atoms with Gasteiger partial charge < -0.3 is 29.3 Å². The number of aliphatic hydroxyl groups is 1. The summed E-state index contributed by atoms with van der Waals surface area (Å²) in [5, 5.41) is 9.89. The van der Waals surface area contributed by atoms with Crippen LogP contribution < -0.4 is 4.90 Å². The second-order valence-corrected chi connectivity index (χ2v) is 14.0. The minimum Gasteiger partial charge on any atom is -0.455 e. The Labute approximate surface area is 293 Å². The Morgan fingerprint density at radius 3 is 2.44 bits per heavy atom. The molecule has 0 aliphatic carbocycles. The van der Waals surface area contributed by atoms with E-state index in [1.165, 1.54) is 9.80 Å². The number of hydrogen-bond acceptors (Lipinski definition) is 7. The van der Waals surface area contributed by atoms with Gasteiger partial charge in [0.15, 0.2) is 0 Å². The van der Waals surface area contributed by atoms with Gasteiger partial charge >= 0.3 is 5.97 Å². The average Bonchev–Trinajstić information content (AvgIpc) is 3.68. The highest BCUT2D eigenvalue weighted by molar-refractivity contribution is 9.11. The van der Waals surface area contributed by atoms with E-state index >= 15 is 0 Å². The first-order valence-electron chi connectivity index (χ1n) is 16.3. The third-order valence-corrected chi connectivity index (χ3v) is 10.9. The first-order valence-corrected chi connectivity index (χ1v) is 17.5. The van der Waals surface area contributed by atoms with Gasteiger partial charge in [0.2, 0.25) is 11.8 Å². The molecular formula is C36H39BrClN3O7. The van der Waals surface area contributed by atoms with Crippen molar-refractivity contribution in [2.24, 2.45) is 11.8 Å². The summed E-state index contributed by atoms with van der Waals surface area (Å²) >= 11 is 10.2. The van der Waals surface area contributed by atoms with Crippen molar-refractivity contribution in [3.05, 3.63) is 87.9 Å². The van der Waals surface area contributed by atoms with Crippen LogP contribution in [-0.4, -0.2) is 89.1 Å². The van der Waals surface area contributed by atoms with Crippen LogP contribution in [0.25, 0.3) is 0 Å². The number of benzene rings is 2. The van der Waals surface area contributed by atoms with Gasteiger partial charge in [-0.15, -0.1) is 0 Å². The summed E-state index contributed by atoms with van der Waals surface area (Å²) < 4.78 is 13.5. The number of hydrogen-bond donors (Lipinski definition) is 1. The predicted molar refractivity (Wildman–Crippen MR) is 183 cm³/mol. The number of unbranched alkanes of at least 4 members (excludes halogenated alkanes) is 1. The number of carbonyl (C=O) groups excluding carboxylic acids is 4. The summed E-state index contributed by atoms with van der Waals surface area (Å²) in [6.07, 6.45) is 5.25. The molecule has 5 bridgehead atoms. The lowest BCUT2D eigenvalue weighted by atomic mass is 9.74. The second-order valence-electron chi connectivity index (χ2n) is 12.7. The van der Waals surface area contributed by atoms with Gasteiger partial charge in [-0.05, 0) is 50.0 Å². The number of aliphatic hydroxyl groups excluding tert-OH is 1. The molecule has 4 heterocycles. The third-order valence-electron chi connectivity index (χ3n) is 9.94. The number of carbonyl (C=O) groups is 4. The molecule has 6 rings (SSSR count). The van der Waals surface area contributed by atoms with E-state index in [1.807, 2.05) is 49.4 Å². The quantitative estimate of drug-likeness (QED) is 0.257. The van der Waals surface area contributed by atoms with Crippen molar-refractivity contribution >= 4 is 56.9 Å². The van der Waals surface area contributed by atoms with Gasteiger partial charge in [0.25, 0.3) is 5.91 Å². The summed E-state index contributed by atoms with van der Waals surface area (Å²) in [6.45, 7) is 2.06. The first kappa shape index (κ1) is 34.4. The predicted octanol–water partition coefficient (Wildman–Crippen LogP) is 4.80. The van der Waals surface area contributed by atoms with Crippen molar-refractivity contribution < 1.29 is 33.8 Å². The minimum atomic E-state index is -1.46. The number of amides is 3. The molecule has 254 valence electrons. The van der Waals surface area contributed by atoms with Gasteiger partial charge in [-0.3, -0.25) is 19.2 Å². The van der Waals surface area contributed by atoms with E-state index in [4.69, 9.17) is 21.1 Å². The fourth-order valence-electron chi connectivity index (χ4n) is 7.43. The number of ether oxygens (including phenoxy) is 2. The van der Waals surface area contributed by atoms with E-state index in [0.717, 1.165) is 0 Å². The second kappa shape index (κ2) is 14.2. The van der Waals surface area contributed by atoms with Crippen LogP contribution >= 0.6 is 27.5 Å². The molecule has 0 unspecified atom stereocenters. The van der Waals surface area contributed by atoms with Gasteiger partial charge in [0, 0.05) is 37.6 Å². The maximum atomic E-state index is 14.9. The molecule has 2 aromatic carbocycles. The van der Waals surface area contributed by atoms with Crippen molar-refractivity contribution in [3.63, 3.8) is 0 Å². The minimum absolute atomic E-state index is 0.0687. The van der Waals surface area contributed by atoms with E-state index in [0.29, 0.717) is 40.0 Å². The zero-order chi connectivity index (χ0) is 34.2. The van der Waals surface area contributed by atoms with Gasteiger partial charge in [0.1, 0.15) is 29.8 Å². The molecule has 2 fully saturated rings. The van der Waals surface area contributed by atoms with Crippen LogP contribution in [0.4, 0.5) is 5.69 Å². The highest BCUT2D eigenvalue weighted by Crippen LogP contribution is 2.59. The third kappa shape index (κ3) is 5.99. The van der Waals surface area contributed by atoms with Gasteiger partial charge in [-0.2, -0.15) is 0 Å². The van der Waals surface area contributed by atoms with Crippen LogP contribution in [0, 0.1) is 11.8 Å². The van der Waals surface area contributed by atoms with E-state index < -0.39 is 53.6 Å². The fourth-order valence-corrected chi connectivity index (χ4v) is 8.40. The van der Waals surface area contributed by atoms with Crippen molar-refractivity contribution in [1.29, 1.82) is 0 Å². The number of cyclic esters (lactones) is 1. The Bertz CT molecular complexity index is 1640. The Morgan fingerprint density at radius 1 is 0.979 bits per heavy atom. The SMILES string of the molecule is C[C@H]1[C@H](c2ccccc2)OC(=O)[C@H]2[C@@H]3O[C@@]4(C=C3Br)[C@@H]2C(=O)N(CCCCO)[C@@H]4C(=O)N(c2ccccc2Cl)C/C=C\CCC(=O)N1C. The van der Waals surface area contributed by atoms with E-state index in [-0.39, 0.29) is 37.9 Å². The molecule has 2 saturated heterocycles. The molecule has 48 heavy (non-hydrogen) atoms. The molecule has 2 aromatic rings. The lowest BCUT2D eigenvalue weighted by Crippen LogP contribution is -2.56. The standard InChI is InChI=1S/C36H39BrClN3O7/c1-22-30(23-13-5-3-6-14-23)47-35(46)28-29-33(44)41(19-11-12-20-42)32(36(29)21-24(37)31(28)48-36)34(45)40(26-16-9-8-15-25(26)38)18-10-4-7-17-27(43)39(22)2/h3-6,8-10,13-16,21-22,28-32,42H,7,11-12,17-20H2,1-2H3/b10-4-/t22-,28+,29-,30+,31+,32+,36-/m0/s1. The molecule has 4 aliphatic heterocycles. The molecular weight excluding hydrogens is 702 g/mol. The molecule has 0 radical (unpaired) electrons. The van der Waals surface area contributed by atoms with Crippen molar-refractivity contribution in [1.82, 2.24) is 9.80 Å². The van der Waals surface area contributed by atoms with E-state index in [1.54, 1.807) is 42.3 Å². The van der Waals surface area contributed by atoms with Crippen molar-refractivity contribution in [2.75, 3.05) is 31.6 Å². The Kier molecular flexibility index (Phi) is 10.1. The van der Waals surface area contributed by atoms with Crippen LogP contribution in [0.2, 0.25) is 5.02 Å². The topological polar surface area (TPSA) is 117 Å². The molecule has 0 aromatic heterocycles. The van der Waals surface area contributed by atoms with Gasteiger partial charge in [0.05, 0.1) is 22.7 Å². The average molecular weight is 741 g/mol. The Hall–Kier alpha value is -3.51. The highest BCUT2D eigenvalue weighted by Gasteiger charge is 2.75. The number of anilines is 1. The summed E-state index contributed by atoms with van der Waals surface area (Å²) in [6, 6.07) is 14.5. The molecule has 12 heteroatoms.